The van der Waals surface area contributed by atoms with E-state index in [-0.39, 0.29) is 24.1 Å². The van der Waals surface area contributed by atoms with Gasteiger partial charge in [0.05, 0.1) is 18.8 Å². The number of aromatic nitrogens is 1. The number of amides is 1. The maximum Gasteiger partial charge on any atom is 0.250 e. The van der Waals surface area contributed by atoms with Crippen LogP contribution >= 0.6 is 0 Å². The van der Waals surface area contributed by atoms with Crippen molar-refractivity contribution in [3.63, 3.8) is 0 Å². The largest absolute Gasteiger partial charge is 0.485 e. The van der Waals surface area contributed by atoms with Gasteiger partial charge in [0.25, 0.3) is 5.56 Å². The minimum Gasteiger partial charge on any atom is -0.485 e. The molecule has 0 saturated heterocycles. The van der Waals surface area contributed by atoms with Crippen LogP contribution in [0.4, 0.5) is 5.69 Å². The molecule has 1 aliphatic heterocycles. The molecular weight excluding hydrogens is 318 g/mol. The van der Waals surface area contributed by atoms with Crippen LogP contribution < -0.4 is 15.2 Å². The van der Waals surface area contributed by atoms with E-state index in [1.165, 1.54) is 10.6 Å². The van der Waals surface area contributed by atoms with Crippen molar-refractivity contribution >= 4 is 11.6 Å². The Kier molecular flexibility index (Phi) is 5.07. The molecule has 1 amide bonds. The Morgan fingerprint density at radius 2 is 2.00 bits per heavy atom. The lowest BCUT2D eigenvalue weighted by molar-refractivity contribution is -0.131. The fourth-order valence-electron chi connectivity index (χ4n) is 3.04. The van der Waals surface area contributed by atoms with Crippen molar-refractivity contribution in [2.75, 3.05) is 31.6 Å². The minimum atomic E-state index is -0.177. The second-order valence-electron chi connectivity index (χ2n) is 6.19. The van der Waals surface area contributed by atoms with Gasteiger partial charge in [-0.1, -0.05) is 18.2 Å². The summed E-state index contributed by atoms with van der Waals surface area (Å²) in [6.07, 6.45) is 1.52. The van der Waals surface area contributed by atoms with Crippen molar-refractivity contribution in [2.24, 2.45) is 0 Å². The normalized spacial score (nSPS) is 16.1. The zero-order valence-electron chi connectivity index (χ0n) is 14.6. The van der Waals surface area contributed by atoms with E-state index >= 15 is 0 Å². The molecular formula is C19H23N3O3. The molecule has 1 aromatic heterocycles. The number of likely N-dealkylation sites (N-methyl/N-ethyl adjacent to an activating group) is 2. The van der Waals surface area contributed by atoms with Gasteiger partial charge >= 0.3 is 0 Å². The predicted molar refractivity (Wildman–Crippen MR) is 97.1 cm³/mol. The van der Waals surface area contributed by atoms with E-state index in [0.717, 1.165) is 24.5 Å². The molecule has 3 rings (SSSR count). The Bertz CT molecular complexity index is 802. The predicted octanol–water partition coefficient (Wildman–Crippen LogP) is 1.59. The van der Waals surface area contributed by atoms with E-state index in [4.69, 9.17) is 4.74 Å². The number of rotatable bonds is 5. The van der Waals surface area contributed by atoms with E-state index in [0.29, 0.717) is 6.54 Å². The molecule has 1 atom stereocenters. The molecule has 1 unspecified atom stereocenters. The Balaban J connectivity index is 1.65. The second-order valence-corrected chi connectivity index (χ2v) is 6.19. The van der Waals surface area contributed by atoms with Gasteiger partial charge in [0.15, 0.2) is 0 Å². The van der Waals surface area contributed by atoms with E-state index < -0.39 is 0 Å². The molecule has 0 N–H and O–H groups in total. The molecule has 6 heteroatoms. The summed E-state index contributed by atoms with van der Waals surface area (Å²) < 4.78 is 7.47. The number of carbonyl (C=O) groups is 1. The number of carbonyl (C=O) groups excluding carboxylic acids is 1. The zero-order valence-corrected chi connectivity index (χ0v) is 14.6. The van der Waals surface area contributed by atoms with Crippen molar-refractivity contribution < 1.29 is 9.53 Å². The highest BCUT2D eigenvalue weighted by molar-refractivity contribution is 5.75. The van der Waals surface area contributed by atoms with Crippen LogP contribution in [0.25, 0.3) is 0 Å². The molecule has 0 radical (unpaired) electrons. The summed E-state index contributed by atoms with van der Waals surface area (Å²) in [5, 5.41) is 0. The Hall–Kier alpha value is -2.76. The highest BCUT2D eigenvalue weighted by Gasteiger charge is 2.26. The number of hydrogen-bond acceptors (Lipinski definition) is 4. The maximum absolute atomic E-state index is 12.4. The Morgan fingerprint density at radius 3 is 2.76 bits per heavy atom. The third kappa shape index (κ3) is 3.84. The van der Waals surface area contributed by atoms with Gasteiger partial charge in [-0.25, -0.2) is 0 Å². The summed E-state index contributed by atoms with van der Waals surface area (Å²) in [4.78, 5) is 28.1. The van der Waals surface area contributed by atoms with Crippen molar-refractivity contribution in [3.8, 4) is 5.75 Å². The first-order chi connectivity index (χ1) is 12.1. The lowest BCUT2D eigenvalue weighted by atomic mass is 10.2. The lowest BCUT2D eigenvalue weighted by Gasteiger charge is -2.37. The van der Waals surface area contributed by atoms with Crippen LogP contribution in [0.5, 0.6) is 5.75 Å². The molecule has 1 aliphatic rings. The number of pyridine rings is 1. The van der Waals surface area contributed by atoms with Crippen molar-refractivity contribution in [3.05, 3.63) is 59.0 Å². The second kappa shape index (κ2) is 7.42. The summed E-state index contributed by atoms with van der Waals surface area (Å²) in [7, 11) is 1.75. The van der Waals surface area contributed by atoms with E-state index in [2.05, 4.69) is 11.8 Å². The molecule has 1 aromatic carbocycles. The van der Waals surface area contributed by atoms with Crippen LogP contribution in [0.1, 0.15) is 6.92 Å². The SMILES string of the molecule is CCN1CC(CN(C)C(=O)Cn2ccccc2=O)Oc2ccccc21. The minimum absolute atomic E-state index is 0.0387. The molecule has 2 aromatic rings. The van der Waals surface area contributed by atoms with Gasteiger partial charge < -0.3 is 19.1 Å². The van der Waals surface area contributed by atoms with Crippen LogP contribution in [-0.2, 0) is 11.3 Å². The third-order valence-corrected chi connectivity index (χ3v) is 4.41. The van der Waals surface area contributed by atoms with Crippen LogP contribution in [-0.4, -0.2) is 48.2 Å². The number of nitrogens with zero attached hydrogens (tertiary/aromatic N) is 3. The molecule has 0 fully saturated rings. The fourth-order valence-corrected chi connectivity index (χ4v) is 3.04. The third-order valence-electron chi connectivity index (χ3n) is 4.41. The van der Waals surface area contributed by atoms with Gasteiger partial charge in [-0.05, 0) is 25.1 Å². The summed E-state index contributed by atoms with van der Waals surface area (Å²) in [5.74, 6) is 0.736. The standard InChI is InChI=1S/C19H23N3O3/c1-3-21-13-15(25-17-9-5-4-8-16(17)21)12-20(2)19(24)14-22-11-7-6-10-18(22)23/h4-11,15H,3,12-14H2,1-2H3. The van der Waals surface area contributed by atoms with Gasteiger partial charge in [0.2, 0.25) is 5.91 Å². The summed E-state index contributed by atoms with van der Waals surface area (Å²) in [6.45, 7) is 4.24. The van der Waals surface area contributed by atoms with Crippen molar-refractivity contribution in [1.82, 2.24) is 9.47 Å². The average molecular weight is 341 g/mol. The summed E-state index contributed by atoms with van der Waals surface area (Å²) in [6, 6.07) is 12.8. The number of hydrogen-bond donors (Lipinski definition) is 0. The van der Waals surface area contributed by atoms with Crippen molar-refractivity contribution in [1.29, 1.82) is 0 Å². The van der Waals surface area contributed by atoms with Gasteiger partial charge in [0.1, 0.15) is 18.4 Å². The van der Waals surface area contributed by atoms with E-state index in [9.17, 15) is 9.59 Å². The first-order valence-corrected chi connectivity index (χ1v) is 8.48. The molecule has 6 nitrogen and oxygen atoms in total. The first-order valence-electron chi connectivity index (χ1n) is 8.48. The summed E-state index contributed by atoms with van der Waals surface area (Å²) >= 11 is 0. The molecule has 0 bridgehead atoms. The van der Waals surface area contributed by atoms with Crippen LogP contribution in [0.15, 0.2) is 53.5 Å². The molecule has 0 spiro atoms. The zero-order chi connectivity index (χ0) is 17.8. The van der Waals surface area contributed by atoms with E-state index in [1.807, 2.05) is 24.3 Å². The highest BCUT2D eigenvalue weighted by Crippen LogP contribution is 2.32. The lowest BCUT2D eigenvalue weighted by Crippen LogP contribution is -2.47. The number of ether oxygens (including phenoxy) is 1. The number of para-hydroxylation sites is 2. The highest BCUT2D eigenvalue weighted by atomic mass is 16.5. The topological polar surface area (TPSA) is 54.8 Å². The van der Waals surface area contributed by atoms with Gasteiger partial charge in [0, 0.05) is 25.9 Å². The van der Waals surface area contributed by atoms with Gasteiger partial charge in [-0.15, -0.1) is 0 Å². The van der Waals surface area contributed by atoms with Gasteiger partial charge in [-0.3, -0.25) is 9.59 Å². The van der Waals surface area contributed by atoms with Crippen LogP contribution in [0.3, 0.4) is 0 Å². The van der Waals surface area contributed by atoms with Gasteiger partial charge in [-0.2, -0.15) is 0 Å². The molecule has 2 heterocycles. The van der Waals surface area contributed by atoms with Crippen molar-refractivity contribution in [2.45, 2.75) is 19.6 Å². The molecule has 25 heavy (non-hydrogen) atoms. The maximum atomic E-state index is 12.4. The first kappa shape index (κ1) is 17.1. The monoisotopic (exact) mass is 341 g/mol. The molecule has 0 saturated carbocycles. The van der Waals surface area contributed by atoms with E-state index in [1.54, 1.807) is 30.3 Å². The van der Waals surface area contributed by atoms with Crippen LogP contribution in [0.2, 0.25) is 0 Å². The average Bonchev–Trinajstić information content (AvgIpc) is 2.62. The molecule has 132 valence electrons. The Morgan fingerprint density at radius 1 is 1.24 bits per heavy atom. The quantitative estimate of drug-likeness (QED) is 0.829. The smallest absolute Gasteiger partial charge is 0.250 e. The molecule has 0 aliphatic carbocycles. The fraction of sp³-hybridized carbons (Fsp3) is 0.368. The number of anilines is 1. The Labute approximate surface area is 147 Å². The van der Waals surface area contributed by atoms with Crippen LogP contribution in [0, 0.1) is 0 Å². The summed E-state index contributed by atoms with van der Waals surface area (Å²) in [5.41, 5.74) is 0.912. The number of benzene rings is 1. The number of fused-ring (bicyclic) bond motifs is 1.